The molecule has 1 heterocycles. The van der Waals surface area contributed by atoms with Gasteiger partial charge in [-0.3, -0.25) is 4.79 Å². The lowest BCUT2D eigenvalue weighted by Crippen LogP contribution is -2.24. The van der Waals surface area contributed by atoms with Crippen LogP contribution in [-0.2, 0) is 30.7 Å². The number of hydrogen-bond acceptors (Lipinski definition) is 2. The Morgan fingerprint density at radius 2 is 1.33 bits per heavy atom. The maximum atomic E-state index is 12.2. The monoisotopic (exact) mass is 435 g/mol. The summed E-state index contributed by atoms with van der Waals surface area (Å²) in [6.45, 7) is 6.57. The maximum absolute atomic E-state index is 12.2. The van der Waals surface area contributed by atoms with Crippen LogP contribution in [0.25, 0.3) is 0 Å². The van der Waals surface area contributed by atoms with E-state index in [1.54, 1.807) is 6.92 Å². The smallest absolute Gasteiger partial charge is 0.246 e. The summed E-state index contributed by atoms with van der Waals surface area (Å²) in [5.74, 6) is 0.846. The second kappa shape index (κ2) is 10.6. The fourth-order valence-corrected chi connectivity index (χ4v) is 3.90. The molecule has 0 fully saturated rings. The molecular formula is C29H29N3O. The lowest BCUT2D eigenvalue weighted by Gasteiger charge is -2.14. The van der Waals surface area contributed by atoms with Crippen LogP contribution in [0.1, 0.15) is 40.8 Å². The van der Waals surface area contributed by atoms with Crippen LogP contribution in [-0.4, -0.2) is 15.5 Å². The van der Waals surface area contributed by atoms with Crippen LogP contribution in [0.2, 0.25) is 0 Å². The van der Waals surface area contributed by atoms with E-state index in [1.165, 1.54) is 16.7 Å². The van der Waals surface area contributed by atoms with Gasteiger partial charge in [-0.1, -0.05) is 97.6 Å². The van der Waals surface area contributed by atoms with Gasteiger partial charge in [-0.25, -0.2) is 4.98 Å². The normalized spacial score (nSPS) is 10.7. The van der Waals surface area contributed by atoms with Crippen molar-refractivity contribution < 1.29 is 4.79 Å². The van der Waals surface area contributed by atoms with Gasteiger partial charge in [0.25, 0.3) is 0 Å². The molecule has 1 N–H and O–H groups in total. The zero-order chi connectivity index (χ0) is 23.0. The summed E-state index contributed by atoms with van der Waals surface area (Å²) in [6, 6.07) is 31.2. The first-order valence-electron chi connectivity index (χ1n) is 11.2. The van der Waals surface area contributed by atoms with Crippen LogP contribution in [0, 0.1) is 0 Å². The molecule has 0 saturated heterocycles. The van der Waals surface area contributed by atoms with Crippen molar-refractivity contribution in [2.24, 2.45) is 0 Å². The summed E-state index contributed by atoms with van der Waals surface area (Å²) < 4.78 is 2.32. The molecule has 4 rings (SSSR count). The van der Waals surface area contributed by atoms with Crippen LogP contribution in [0.5, 0.6) is 0 Å². The fraction of sp³-hybridized carbons (Fsp3) is 0.172. The average Bonchev–Trinajstić information content (AvgIpc) is 3.15. The number of imidazole rings is 1. The summed E-state index contributed by atoms with van der Waals surface area (Å²) in [4.78, 5) is 17.3. The molecule has 0 spiro atoms. The molecule has 4 aromatic rings. The van der Waals surface area contributed by atoms with Crippen molar-refractivity contribution in [1.82, 2.24) is 14.9 Å². The topological polar surface area (TPSA) is 46.9 Å². The predicted molar refractivity (Wildman–Crippen MR) is 133 cm³/mol. The fourth-order valence-electron chi connectivity index (χ4n) is 3.90. The van der Waals surface area contributed by atoms with Gasteiger partial charge < -0.3 is 9.88 Å². The molecule has 1 aromatic heterocycles. The van der Waals surface area contributed by atoms with E-state index in [0.717, 1.165) is 36.6 Å². The van der Waals surface area contributed by atoms with Gasteiger partial charge in [-0.05, 0) is 23.6 Å². The molecule has 0 aliphatic heterocycles. The Bertz CT molecular complexity index is 1210. The maximum Gasteiger partial charge on any atom is 0.246 e. The highest BCUT2D eigenvalue weighted by molar-refractivity contribution is 5.91. The Balaban J connectivity index is 1.76. The van der Waals surface area contributed by atoms with Crippen LogP contribution < -0.4 is 5.32 Å². The molecule has 0 saturated carbocycles. The molecule has 0 radical (unpaired) electrons. The SMILES string of the molecule is C=C(C)C(=O)NCc1nc(Cc2ccccc2)n(Cc2ccccc2)c1Cc1ccccc1. The minimum atomic E-state index is -0.150. The largest absolute Gasteiger partial charge is 0.347 e. The highest BCUT2D eigenvalue weighted by Crippen LogP contribution is 2.21. The lowest BCUT2D eigenvalue weighted by molar-refractivity contribution is -0.117. The second-order valence-corrected chi connectivity index (χ2v) is 8.28. The van der Waals surface area contributed by atoms with Crippen LogP contribution in [0.15, 0.2) is 103 Å². The van der Waals surface area contributed by atoms with E-state index in [9.17, 15) is 4.79 Å². The molecule has 0 atom stereocenters. The Morgan fingerprint density at radius 1 is 0.818 bits per heavy atom. The third-order valence-electron chi connectivity index (χ3n) is 5.64. The van der Waals surface area contributed by atoms with E-state index in [1.807, 2.05) is 18.2 Å². The molecular weight excluding hydrogens is 406 g/mol. The number of aromatic nitrogens is 2. The second-order valence-electron chi connectivity index (χ2n) is 8.28. The van der Waals surface area contributed by atoms with Gasteiger partial charge in [-0.15, -0.1) is 0 Å². The van der Waals surface area contributed by atoms with Gasteiger partial charge in [0.15, 0.2) is 0 Å². The molecule has 1 amide bonds. The van der Waals surface area contributed by atoms with Gasteiger partial charge in [-0.2, -0.15) is 0 Å². The van der Waals surface area contributed by atoms with Crippen LogP contribution in [0.4, 0.5) is 0 Å². The summed E-state index contributed by atoms with van der Waals surface area (Å²) in [5.41, 5.74) is 6.16. The Labute approximate surface area is 195 Å². The average molecular weight is 436 g/mol. The van der Waals surface area contributed by atoms with E-state index in [-0.39, 0.29) is 5.91 Å². The van der Waals surface area contributed by atoms with Gasteiger partial charge in [0, 0.05) is 30.7 Å². The number of benzene rings is 3. The van der Waals surface area contributed by atoms with Crippen molar-refractivity contribution in [3.8, 4) is 0 Å². The van der Waals surface area contributed by atoms with Crippen LogP contribution in [0.3, 0.4) is 0 Å². The number of nitrogens with zero attached hydrogens (tertiary/aromatic N) is 2. The van der Waals surface area contributed by atoms with Gasteiger partial charge >= 0.3 is 0 Å². The van der Waals surface area contributed by atoms with Crippen molar-refractivity contribution in [3.05, 3.63) is 137 Å². The quantitative estimate of drug-likeness (QED) is 0.362. The summed E-state index contributed by atoms with van der Waals surface area (Å²) in [6.07, 6.45) is 1.47. The number of rotatable bonds is 9. The number of amides is 1. The third kappa shape index (κ3) is 5.86. The van der Waals surface area contributed by atoms with Gasteiger partial charge in [0.05, 0.1) is 12.2 Å². The molecule has 0 bridgehead atoms. The van der Waals surface area contributed by atoms with E-state index in [2.05, 4.69) is 89.3 Å². The zero-order valence-corrected chi connectivity index (χ0v) is 19.0. The molecule has 4 heteroatoms. The highest BCUT2D eigenvalue weighted by atomic mass is 16.1. The zero-order valence-electron chi connectivity index (χ0n) is 19.0. The Hall–Kier alpha value is -3.92. The van der Waals surface area contributed by atoms with Gasteiger partial charge in [0.1, 0.15) is 5.82 Å². The number of carbonyl (C=O) groups excluding carboxylic acids is 1. The Kier molecular flexibility index (Phi) is 7.16. The molecule has 166 valence electrons. The van der Waals surface area contributed by atoms with E-state index < -0.39 is 0 Å². The van der Waals surface area contributed by atoms with E-state index in [4.69, 9.17) is 4.98 Å². The van der Waals surface area contributed by atoms with Crippen molar-refractivity contribution in [1.29, 1.82) is 0 Å². The number of hydrogen-bond donors (Lipinski definition) is 1. The highest BCUT2D eigenvalue weighted by Gasteiger charge is 2.19. The molecule has 4 nitrogen and oxygen atoms in total. The minimum absolute atomic E-state index is 0.150. The van der Waals surface area contributed by atoms with Crippen molar-refractivity contribution in [2.45, 2.75) is 32.9 Å². The third-order valence-corrected chi connectivity index (χ3v) is 5.64. The lowest BCUT2D eigenvalue weighted by atomic mass is 10.1. The van der Waals surface area contributed by atoms with E-state index in [0.29, 0.717) is 12.1 Å². The molecule has 0 unspecified atom stereocenters. The first-order chi connectivity index (χ1) is 16.1. The first kappa shape index (κ1) is 22.3. The molecule has 0 aliphatic carbocycles. The first-order valence-corrected chi connectivity index (χ1v) is 11.2. The molecule has 0 aliphatic rings. The van der Waals surface area contributed by atoms with E-state index >= 15 is 0 Å². The minimum Gasteiger partial charge on any atom is -0.347 e. The number of carbonyl (C=O) groups is 1. The Morgan fingerprint density at radius 3 is 1.88 bits per heavy atom. The predicted octanol–water partition coefficient (Wildman–Crippen LogP) is 5.31. The summed E-state index contributed by atoms with van der Waals surface area (Å²) in [7, 11) is 0. The van der Waals surface area contributed by atoms with Crippen LogP contribution >= 0.6 is 0 Å². The summed E-state index contributed by atoms with van der Waals surface area (Å²) in [5, 5.41) is 2.98. The van der Waals surface area contributed by atoms with Crippen molar-refractivity contribution in [2.75, 3.05) is 0 Å². The number of nitrogens with one attached hydrogen (secondary N) is 1. The standard InChI is InChI=1S/C29H29N3O/c1-22(2)29(33)30-20-26-27(18-23-12-6-3-7-13-23)32(21-25-16-10-5-11-17-25)28(31-26)19-24-14-8-4-9-15-24/h3-17H,1,18-21H2,2H3,(H,30,33). The molecule has 33 heavy (non-hydrogen) atoms. The van der Waals surface area contributed by atoms with Gasteiger partial charge in [0.2, 0.25) is 5.91 Å². The van der Waals surface area contributed by atoms with Crippen molar-refractivity contribution in [3.63, 3.8) is 0 Å². The molecule has 3 aromatic carbocycles. The summed E-state index contributed by atoms with van der Waals surface area (Å²) >= 11 is 0. The van der Waals surface area contributed by atoms with Crippen molar-refractivity contribution >= 4 is 5.91 Å².